The molecule has 1 unspecified atom stereocenters. The second-order valence-electron chi connectivity index (χ2n) is 6.29. The molecule has 1 heterocycles. The largest absolute Gasteiger partial charge is 0.481 e. The maximum absolute atomic E-state index is 12.4. The molecule has 140 valence electrons. The Labute approximate surface area is 149 Å². The van der Waals surface area contributed by atoms with E-state index in [1.807, 2.05) is 6.92 Å². The zero-order valence-electron chi connectivity index (χ0n) is 14.6. The highest BCUT2D eigenvalue weighted by Gasteiger charge is 2.27. The SMILES string of the molecule is CCC(Cc1ccc(NS(=O)(=O)N2CCC(OC)CC2)cc1)C(=O)O. The van der Waals surface area contributed by atoms with Crippen LogP contribution in [0.4, 0.5) is 5.69 Å². The molecule has 8 heteroatoms. The van der Waals surface area contributed by atoms with Crippen molar-refractivity contribution in [1.29, 1.82) is 0 Å². The van der Waals surface area contributed by atoms with Gasteiger partial charge in [-0.3, -0.25) is 9.52 Å². The summed E-state index contributed by atoms with van der Waals surface area (Å²) in [7, 11) is -1.95. The van der Waals surface area contributed by atoms with Gasteiger partial charge in [-0.1, -0.05) is 19.1 Å². The van der Waals surface area contributed by atoms with Crippen molar-refractivity contribution in [1.82, 2.24) is 4.31 Å². The van der Waals surface area contributed by atoms with Gasteiger partial charge in [-0.2, -0.15) is 12.7 Å². The number of benzene rings is 1. The maximum atomic E-state index is 12.4. The molecule has 0 amide bonds. The van der Waals surface area contributed by atoms with Crippen LogP contribution >= 0.6 is 0 Å². The van der Waals surface area contributed by atoms with Crippen molar-refractivity contribution in [2.24, 2.45) is 5.92 Å². The van der Waals surface area contributed by atoms with Crippen LogP contribution < -0.4 is 4.72 Å². The lowest BCUT2D eigenvalue weighted by molar-refractivity contribution is -0.141. The number of nitrogens with zero attached hydrogens (tertiary/aromatic N) is 1. The van der Waals surface area contributed by atoms with Gasteiger partial charge in [0, 0.05) is 25.9 Å². The van der Waals surface area contributed by atoms with E-state index in [9.17, 15) is 13.2 Å². The van der Waals surface area contributed by atoms with Crippen molar-refractivity contribution in [2.45, 2.75) is 38.7 Å². The summed E-state index contributed by atoms with van der Waals surface area (Å²) < 4.78 is 34.2. The lowest BCUT2D eigenvalue weighted by Gasteiger charge is -2.30. The van der Waals surface area contributed by atoms with Gasteiger partial charge in [0.15, 0.2) is 0 Å². The number of carbonyl (C=O) groups is 1. The third-order valence-electron chi connectivity index (χ3n) is 4.60. The number of methoxy groups -OCH3 is 1. The smallest absolute Gasteiger partial charge is 0.306 e. The average molecular weight is 370 g/mol. The highest BCUT2D eigenvalue weighted by molar-refractivity contribution is 7.90. The molecule has 0 radical (unpaired) electrons. The Balaban J connectivity index is 1.97. The van der Waals surface area contributed by atoms with Gasteiger partial charge in [0.25, 0.3) is 0 Å². The van der Waals surface area contributed by atoms with Crippen LogP contribution in [0.1, 0.15) is 31.7 Å². The summed E-state index contributed by atoms with van der Waals surface area (Å²) in [4.78, 5) is 11.1. The van der Waals surface area contributed by atoms with Gasteiger partial charge in [-0.15, -0.1) is 0 Å². The van der Waals surface area contributed by atoms with Crippen molar-refractivity contribution in [3.8, 4) is 0 Å². The average Bonchev–Trinajstić information content (AvgIpc) is 2.60. The fraction of sp³-hybridized carbons (Fsp3) is 0.588. The summed E-state index contributed by atoms with van der Waals surface area (Å²) in [5.41, 5.74) is 1.35. The first-order chi connectivity index (χ1) is 11.9. The van der Waals surface area contributed by atoms with Gasteiger partial charge >= 0.3 is 16.2 Å². The summed E-state index contributed by atoms with van der Waals surface area (Å²) in [5.74, 6) is -1.24. The Bertz CT molecular complexity index is 667. The lowest BCUT2D eigenvalue weighted by atomic mass is 9.97. The van der Waals surface area contributed by atoms with Crippen molar-refractivity contribution >= 4 is 21.9 Å². The standard InChI is InChI=1S/C17H26N2O5S/c1-3-14(17(20)21)12-13-4-6-15(7-5-13)18-25(22,23)19-10-8-16(24-2)9-11-19/h4-7,14,16,18H,3,8-12H2,1-2H3,(H,20,21). The Hall–Kier alpha value is -1.64. The number of hydrogen-bond donors (Lipinski definition) is 2. The van der Waals surface area contributed by atoms with E-state index in [1.165, 1.54) is 4.31 Å². The van der Waals surface area contributed by atoms with Crippen LogP contribution in [0, 0.1) is 5.92 Å². The fourth-order valence-electron chi connectivity index (χ4n) is 2.92. The highest BCUT2D eigenvalue weighted by Crippen LogP contribution is 2.20. The normalized spacial score (nSPS) is 18.0. The summed E-state index contributed by atoms with van der Waals surface area (Å²) in [6.07, 6.45) is 2.48. The first-order valence-electron chi connectivity index (χ1n) is 8.48. The molecule has 0 saturated carbocycles. The number of hydrogen-bond acceptors (Lipinski definition) is 4. The molecular formula is C17H26N2O5S. The van der Waals surface area contributed by atoms with E-state index in [4.69, 9.17) is 9.84 Å². The van der Waals surface area contributed by atoms with Gasteiger partial charge in [0.05, 0.1) is 12.0 Å². The molecule has 1 fully saturated rings. The minimum atomic E-state index is -3.59. The van der Waals surface area contributed by atoms with Gasteiger partial charge in [0.2, 0.25) is 0 Å². The number of aliphatic carboxylic acids is 1. The molecule has 1 saturated heterocycles. The molecule has 1 aliphatic heterocycles. The second-order valence-corrected chi connectivity index (χ2v) is 7.96. The monoisotopic (exact) mass is 370 g/mol. The molecule has 0 aromatic heterocycles. The first kappa shape index (κ1) is 19.7. The third kappa shape index (κ3) is 5.42. The molecule has 7 nitrogen and oxygen atoms in total. The number of nitrogens with one attached hydrogen (secondary N) is 1. The third-order valence-corrected chi connectivity index (χ3v) is 6.14. The number of piperidine rings is 1. The van der Waals surface area contributed by atoms with Crippen LogP contribution in [0.25, 0.3) is 0 Å². The predicted octanol–water partition coefficient (Wildman–Crippen LogP) is 2.11. The molecule has 1 atom stereocenters. The van der Waals surface area contributed by atoms with Crippen LogP contribution in [0.3, 0.4) is 0 Å². The topological polar surface area (TPSA) is 95.9 Å². The molecule has 2 N–H and O–H groups in total. The van der Waals surface area contributed by atoms with E-state index in [0.29, 0.717) is 44.5 Å². The summed E-state index contributed by atoms with van der Waals surface area (Å²) in [5, 5.41) is 9.12. The Morgan fingerprint density at radius 3 is 2.40 bits per heavy atom. The van der Waals surface area contributed by atoms with E-state index in [2.05, 4.69) is 4.72 Å². The zero-order valence-corrected chi connectivity index (χ0v) is 15.5. The zero-order chi connectivity index (χ0) is 18.4. The van der Waals surface area contributed by atoms with E-state index in [-0.39, 0.29) is 6.10 Å². The highest BCUT2D eigenvalue weighted by atomic mass is 32.2. The van der Waals surface area contributed by atoms with Crippen molar-refractivity contribution in [3.05, 3.63) is 29.8 Å². The van der Waals surface area contributed by atoms with Crippen LogP contribution in [0.2, 0.25) is 0 Å². The van der Waals surface area contributed by atoms with Gasteiger partial charge in [0.1, 0.15) is 0 Å². The molecule has 0 spiro atoms. The fourth-order valence-corrected chi connectivity index (χ4v) is 4.18. The van der Waals surface area contributed by atoms with Crippen LogP contribution in [0.5, 0.6) is 0 Å². The second kappa shape index (κ2) is 8.64. The summed E-state index contributed by atoms with van der Waals surface area (Å²) >= 11 is 0. The number of carboxylic acid groups (broad SMARTS) is 1. The molecule has 1 aromatic carbocycles. The molecular weight excluding hydrogens is 344 g/mol. The summed E-state index contributed by atoms with van der Waals surface area (Å²) in [6, 6.07) is 6.87. The van der Waals surface area contributed by atoms with Crippen molar-refractivity contribution in [3.63, 3.8) is 0 Å². The minimum Gasteiger partial charge on any atom is -0.481 e. The van der Waals surface area contributed by atoms with E-state index < -0.39 is 22.1 Å². The van der Waals surface area contributed by atoms with E-state index in [0.717, 1.165) is 5.56 Å². The van der Waals surface area contributed by atoms with Crippen molar-refractivity contribution < 1.29 is 23.1 Å². The number of carboxylic acids is 1. The Kier molecular flexibility index (Phi) is 6.80. The molecule has 0 bridgehead atoms. The number of anilines is 1. The Morgan fingerprint density at radius 2 is 1.92 bits per heavy atom. The van der Waals surface area contributed by atoms with Gasteiger partial charge < -0.3 is 9.84 Å². The molecule has 0 aliphatic carbocycles. The molecule has 1 aromatic rings. The quantitative estimate of drug-likeness (QED) is 0.731. The molecule has 1 aliphatic rings. The van der Waals surface area contributed by atoms with Gasteiger partial charge in [-0.25, -0.2) is 0 Å². The van der Waals surface area contributed by atoms with Gasteiger partial charge in [-0.05, 0) is 43.4 Å². The van der Waals surface area contributed by atoms with Crippen LogP contribution in [-0.2, 0) is 26.2 Å². The minimum absolute atomic E-state index is 0.117. The maximum Gasteiger partial charge on any atom is 0.306 e. The van der Waals surface area contributed by atoms with Crippen LogP contribution in [-0.4, -0.2) is 50.1 Å². The number of ether oxygens (including phenoxy) is 1. The lowest BCUT2D eigenvalue weighted by Crippen LogP contribution is -2.43. The predicted molar refractivity (Wildman–Crippen MR) is 95.7 cm³/mol. The Morgan fingerprint density at radius 1 is 1.32 bits per heavy atom. The molecule has 2 rings (SSSR count). The first-order valence-corrected chi connectivity index (χ1v) is 9.92. The number of rotatable bonds is 8. The van der Waals surface area contributed by atoms with Crippen molar-refractivity contribution in [2.75, 3.05) is 24.9 Å². The van der Waals surface area contributed by atoms with Crippen LogP contribution in [0.15, 0.2) is 24.3 Å². The molecule has 25 heavy (non-hydrogen) atoms. The van der Waals surface area contributed by atoms with E-state index in [1.54, 1.807) is 31.4 Å². The van der Waals surface area contributed by atoms with E-state index >= 15 is 0 Å². The summed E-state index contributed by atoms with van der Waals surface area (Å²) in [6.45, 7) is 2.71.